The Morgan fingerprint density at radius 3 is 2.76 bits per heavy atom. The van der Waals surface area contributed by atoms with Gasteiger partial charge < -0.3 is 19.7 Å². The van der Waals surface area contributed by atoms with Crippen LogP contribution in [0.2, 0.25) is 5.02 Å². The van der Waals surface area contributed by atoms with Crippen LogP contribution in [-0.4, -0.2) is 36.1 Å². The minimum Gasteiger partial charge on any atom is -0.504 e. The fourth-order valence-corrected chi connectivity index (χ4v) is 2.03. The number of hydrogen-bond acceptors (Lipinski definition) is 6. The van der Waals surface area contributed by atoms with Crippen LogP contribution < -0.4 is 14.9 Å². The van der Waals surface area contributed by atoms with E-state index in [4.69, 9.17) is 21.1 Å². The molecule has 25 heavy (non-hydrogen) atoms. The van der Waals surface area contributed by atoms with Gasteiger partial charge in [-0.05, 0) is 42.8 Å². The lowest BCUT2D eigenvalue weighted by Crippen LogP contribution is -2.24. The predicted molar refractivity (Wildman–Crippen MR) is 93.7 cm³/mol. The van der Waals surface area contributed by atoms with Crippen molar-refractivity contribution in [1.82, 2.24) is 5.43 Å². The summed E-state index contributed by atoms with van der Waals surface area (Å²) in [7, 11) is 1.35. The van der Waals surface area contributed by atoms with E-state index in [2.05, 4.69) is 10.5 Å². The van der Waals surface area contributed by atoms with Crippen LogP contribution in [0.25, 0.3) is 0 Å². The first-order valence-electron chi connectivity index (χ1n) is 7.21. The smallest absolute Gasteiger partial charge is 0.277 e. The van der Waals surface area contributed by atoms with Crippen molar-refractivity contribution in [1.29, 1.82) is 0 Å². The lowest BCUT2D eigenvalue weighted by atomic mass is 10.2. The summed E-state index contributed by atoms with van der Waals surface area (Å²) in [6.07, 6.45) is 1.30. The number of nitrogens with one attached hydrogen (secondary N) is 1. The average molecular weight is 365 g/mol. The van der Waals surface area contributed by atoms with E-state index in [0.29, 0.717) is 16.3 Å². The summed E-state index contributed by atoms with van der Waals surface area (Å²) in [5, 5.41) is 23.5. The molecule has 0 unspecified atom stereocenters. The standard InChI is InChI=1S/C17H17ClN2O5/c1-10-5-12(3-4-13(10)18)25-9-16(22)20-19-8-11-6-14(21)17(23)15(7-11)24-2/h3-8,21,23H,9H2,1-2H3,(H,20,22)/b19-8+. The van der Waals surface area contributed by atoms with Gasteiger partial charge in [-0.15, -0.1) is 0 Å². The lowest BCUT2D eigenvalue weighted by molar-refractivity contribution is -0.123. The van der Waals surface area contributed by atoms with E-state index >= 15 is 0 Å². The number of benzene rings is 2. The molecule has 0 heterocycles. The summed E-state index contributed by atoms with van der Waals surface area (Å²) in [6.45, 7) is 1.61. The number of hydrazone groups is 1. The summed E-state index contributed by atoms with van der Waals surface area (Å²) in [6, 6.07) is 7.81. The summed E-state index contributed by atoms with van der Waals surface area (Å²) in [4.78, 5) is 11.7. The molecular weight excluding hydrogens is 348 g/mol. The van der Waals surface area contributed by atoms with Crippen molar-refractivity contribution in [2.24, 2.45) is 5.10 Å². The van der Waals surface area contributed by atoms with Crippen LogP contribution >= 0.6 is 11.6 Å². The summed E-state index contributed by atoms with van der Waals surface area (Å²) < 4.78 is 10.3. The zero-order valence-corrected chi connectivity index (χ0v) is 14.4. The fraction of sp³-hybridized carbons (Fsp3) is 0.176. The van der Waals surface area contributed by atoms with E-state index in [1.54, 1.807) is 18.2 Å². The Hall–Kier alpha value is -2.93. The zero-order chi connectivity index (χ0) is 18.4. The van der Waals surface area contributed by atoms with Gasteiger partial charge in [0, 0.05) is 10.6 Å². The molecule has 0 spiro atoms. The van der Waals surface area contributed by atoms with Crippen LogP contribution in [0.5, 0.6) is 23.0 Å². The fourth-order valence-electron chi connectivity index (χ4n) is 1.91. The van der Waals surface area contributed by atoms with E-state index in [-0.39, 0.29) is 23.9 Å². The molecule has 0 aliphatic carbocycles. The van der Waals surface area contributed by atoms with Crippen molar-refractivity contribution >= 4 is 23.7 Å². The quantitative estimate of drug-likeness (QED) is 0.415. The number of methoxy groups -OCH3 is 1. The second-order valence-corrected chi connectivity index (χ2v) is 5.49. The van der Waals surface area contributed by atoms with E-state index in [9.17, 15) is 15.0 Å². The van der Waals surface area contributed by atoms with E-state index in [1.807, 2.05) is 6.92 Å². The molecule has 0 aliphatic heterocycles. The first kappa shape index (κ1) is 18.4. The number of carbonyl (C=O) groups excluding carboxylic acids is 1. The molecule has 0 saturated heterocycles. The van der Waals surface area contributed by atoms with E-state index in [0.717, 1.165) is 5.56 Å². The number of phenolic OH excluding ortho intramolecular Hbond substituents is 2. The third-order valence-corrected chi connectivity index (χ3v) is 3.62. The molecule has 7 nitrogen and oxygen atoms in total. The van der Waals surface area contributed by atoms with E-state index in [1.165, 1.54) is 25.5 Å². The highest BCUT2D eigenvalue weighted by atomic mass is 35.5. The Balaban J connectivity index is 1.90. The lowest BCUT2D eigenvalue weighted by Gasteiger charge is -2.07. The van der Waals surface area contributed by atoms with Crippen molar-refractivity contribution in [3.8, 4) is 23.0 Å². The van der Waals surface area contributed by atoms with Gasteiger partial charge >= 0.3 is 0 Å². The molecule has 8 heteroatoms. The Bertz CT molecular complexity index is 808. The zero-order valence-electron chi connectivity index (χ0n) is 13.6. The third-order valence-electron chi connectivity index (χ3n) is 3.20. The highest BCUT2D eigenvalue weighted by Crippen LogP contribution is 2.35. The van der Waals surface area contributed by atoms with Gasteiger partial charge in [0.15, 0.2) is 18.1 Å². The number of nitrogens with zero attached hydrogens (tertiary/aromatic N) is 1. The van der Waals surface area contributed by atoms with Crippen molar-refractivity contribution in [3.05, 3.63) is 46.5 Å². The molecule has 2 rings (SSSR count). The average Bonchev–Trinajstić information content (AvgIpc) is 2.59. The van der Waals surface area contributed by atoms with Gasteiger partial charge in [0.25, 0.3) is 5.91 Å². The Kier molecular flexibility index (Phi) is 6.08. The predicted octanol–water partition coefficient (Wildman–Crippen LogP) is 2.60. The molecule has 1 amide bonds. The van der Waals surface area contributed by atoms with Crippen molar-refractivity contribution in [2.75, 3.05) is 13.7 Å². The normalized spacial score (nSPS) is 10.7. The minimum absolute atomic E-state index is 0.0919. The number of aromatic hydroxyl groups is 2. The second kappa shape index (κ2) is 8.25. The molecule has 0 saturated carbocycles. The summed E-state index contributed by atoms with van der Waals surface area (Å²) >= 11 is 5.92. The van der Waals surface area contributed by atoms with Crippen LogP contribution in [0.3, 0.4) is 0 Å². The Morgan fingerprint density at radius 1 is 1.32 bits per heavy atom. The molecule has 2 aromatic carbocycles. The number of ether oxygens (including phenoxy) is 2. The topological polar surface area (TPSA) is 100 Å². The number of rotatable bonds is 6. The van der Waals surface area contributed by atoms with Gasteiger partial charge in [0.1, 0.15) is 5.75 Å². The maximum Gasteiger partial charge on any atom is 0.277 e. The molecule has 0 radical (unpaired) electrons. The SMILES string of the molecule is COc1cc(/C=N/NC(=O)COc2ccc(Cl)c(C)c2)cc(O)c1O. The van der Waals surface area contributed by atoms with Gasteiger partial charge in [-0.2, -0.15) is 5.10 Å². The van der Waals surface area contributed by atoms with Gasteiger partial charge in [0.05, 0.1) is 13.3 Å². The number of aryl methyl sites for hydroxylation is 1. The molecule has 0 aromatic heterocycles. The van der Waals surface area contributed by atoms with Crippen LogP contribution in [0, 0.1) is 6.92 Å². The van der Waals surface area contributed by atoms with Gasteiger partial charge in [-0.3, -0.25) is 4.79 Å². The number of halogens is 1. The first-order chi connectivity index (χ1) is 11.9. The summed E-state index contributed by atoms with van der Waals surface area (Å²) in [5.41, 5.74) is 3.57. The number of phenols is 2. The van der Waals surface area contributed by atoms with Gasteiger partial charge in [-0.25, -0.2) is 5.43 Å². The van der Waals surface area contributed by atoms with Crippen molar-refractivity contribution in [2.45, 2.75) is 6.92 Å². The summed E-state index contributed by atoms with van der Waals surface area (Å²) in [5.74, 6) is -0.564. The number of amides is 1. The maximum absolute atomic E-state index is 11.7. The molecular formula is C17H17ClN2O5. The van der Waals surface area contributed by atoms with Crippen LogP contribution in [0.4, 0.5) is 0 Å². The third kappa shape index (κ3) is 5.02. The Labute approximate surface area is 149 Å². The van der Waals surface area contributed by atoms with E-state index < -0.39 is 5.91 Å². The van der Waals surface area contributed by atoms with Crippen LogP contribution in [0.1, 0.15) is 11.1 Å². The highest BCUT2D eigenvalue weighted by molar-refractivity contribution is 6.31. The largest absolute Gasteiger partial charge is 0.504 e. The molecule has 0 atom stereocenters. The van der Waals surface area contributed by atoms with Crippen LogP contribution in [-0.2, 0) is 4.79 Å². The van der Waals surface area contributed by atoms with Gasteiger partial charge in [-0.1, -0.05) is 11.6 Å². The molecule has 132 valence electrons. The van der Waals surface area contributed by atoms with Crippen LogP contribution in [0.15, 0.2) is 35.4 Å². The first-order valence-corrected chi connectivity index (χ1v) is 7.59. The van der Waals surface area contributed by atoms with Crippen molar-refractivity contribution in [3.63, 3.8) is 0 Å². The molecule has 0 fully saturated rings. The second-order valence-electron chi connectivity index (χ2n) is 5.08. The number of hydrogen-bond donors (Lipinski definition) is 3. The molecule has 0 bridgehead atoms. The molecule has 3 N–H and O–H groups in total. The molecule has 0 aliphatic rings. The number of carbonyl (C=O) groups is 1. The van der Waals surface area contributed by atoms with Gasteiger partial charge in [0.2, 0.25) is 5.75 Å². The Morgan fingerprint density at radius 2 is 2.08 bits per heavy atom. The molecule has 2 aromatic rings. The maximum atomic E-state index is 11.7. The highest BCUT2D eigenvalue weighted by Gasteiger charge is 2.08. The monoisotopic (exact) mass is 364 g/mol. The minimum atomic E-state index is -0.459. The van der Waals surface area contributed by atoms with Crippen molar-refractivity contribution < 1.29 is 24.5 Å².